The van der Waals surface area contributed by atoms with Gasteiger partial charge in [-0.05, 0) is 24.3 Å². The van der Waals surface area contributed by atoms with E-state index in [1.54, 1.807) is 6.08 Å². The highest BCUT2D eigenvalue weighted by atomic mass is 16.5. The van der Waals surface area contributed by atoms with Crippen molar-refractivity contribution in [1.29, 1.82) is 0 Å². The molecular formula is C20H25NO3. The quantitative estimate of drug-likeness (QED) is 0.669. The Labute approximate surface area is 143 Å². The summed E-state index contributed by atoms with van der Waals surface area (Å²) in [5, 5.41) is 13.3. The molecule has 4 heteroatoms. The second kappa shape index (κ2) is 6.34. The van der Waals surface area contributed by atoms with Gasteiger partial charge in [-0.25, -0.2) is 0 Å². The van der Waals surface area contributed by atoms with Gasteiger partial charge in [-0.1, -0.05) is 49.5 Å². The third-order valence-corrected chi connectivity index (χ3v) is 5.85. The fourth-order valence-corrected chi connectivity index (χ4v) is 4.71. The molecule has 0 aromatic heterocycles. The summed E-state index contributed by atoms with van der Waals surface area (Å²) in [5.74, 6) is 1.42. The van der Waals surface area contributed by atoms with Crippen LogP contribution in [0.5, 0.6) is 0 Å². The van der Waals surface area contributed by atoms with Crippen LogP contribution in [0.25, 0.3) is 0 Å². The first-order chi connectivity index (χ1) is 11.6. The van der Waals surface area contributed by atoms with Crippen molar-refractivity contribution in [3.63, 3.8) is 0 Å². The maximum Gasteiger partial charge on any atom is 0.243 e. The number of carbonyl (C=O) groups is 1. The summed E-state index contributed by atoms with van der Waals surface area (Å²) in [6.07, 6.45) is 16.6. The first-order valence-corrected chi connectivity index (χ1v) is 8.96. The second-order valence-electron chi connectivity index (χ2n) is 7.50. The predicted molar refractivity (Wildman–Crippen MR) is 92.0 cm³/mol. The molecule has 0 unspecified atom stereocenters. The SMILES string of the molecule is C[C@H]1/C=C\C=C/[C@H]2O[C@@H]3[C@@H]4[C@@H]2[C@@H](C=C[C@@H]4C[C@H]3O)/C=C\C(=O)NC1. The van der Waals surface area contributed by atoms with Crippen LogP contribution in [0, 0.1) is 29.6 Å². The van der Waals surface area contributed by atoms with Gasteiger partial charge in [0.15, 0.2) is 0 Å². The lowest BCUT2D eigenvalue weighted by Crippen LogP contribution is -2.32. The van der Waals surface area contributed by atoms with E-state index in [-0.39, 0.29) is 42.0 Å². The number of ether oxygens (including phenoxy) is 1. The Morgan fingerprint density at radius 2 is 1.96 bits per heavy atom. The summed E-state index contributed by atoms with van der Waals surface area (Å²) in [4.78, 5) is 12.0. The Hall–Kier alpha value is -1.65. The van der Waals surface area contributed by atoms with Crippen LogP contribution < -0.4 is 5.32 Å². The van der Waals surface area contributed by atoms with E-state index >= 15 is 0 Å². The van der Waals surface area contributed by atoms with Crippen molar-refractivity contribution in [3.8, 4) is 0 Å². The maximum atomic E-state index is 12.0. The second-order valence-corrected chi connectivity index (χ2v) is 7.50. The molecule has 0 bridgehead atoms. The highest BCUT2D eigenvalue weighted by Crippen LogP contribution is 2.53. The first-order valence-electron chi connectivity index (χ1n) is 8.96. The molecule has 2 heterocycles. The fourth-order valence-electron chi connectivity index (χ4n) is 4.71. The number of aliphatic hydroxyl groups excluding tert-OH is 1. The Morgan fingerprint density at radius 3 is 2.83 bits per heavy atom. The van der Waals surface area contributed by atoms with Crippen LogP contribution in [0.4, 0.5) is 0 Å². The monoisotopic (exact) mass is 327 g/mol. The molecule has 2 aliphatic carbocycles. The van der Waals surface area contributed by atoms with Gasteiger partial charge in [-0.3, -0.25) is 4.79 Å². The van der Waals surface area contributed by atoms with E-state index in [4.69, 9.17) is 4.74 Å². The molecule has 0 radical (unpaired) electrons. The lowest BCUT2D eigenvalue weighted by molar-refractivity contribution is -0.116. The molecule has 2 aliphatic heterocycles. The van der Waals surface area contributed by atoms with Gasteiger partial charge in [-0.2, -0.15) is 0 Å². The van der Waals surface area contributed by atoms with Gasteiger partial charge in [0, 0.05) is 24.3 Å². The summed E-state index contributed by atoms with van der Waals surface area (Å²) in [6.45, 7) is 2.71. The number of carbonyl (C=O) groups excluding carboxylic acids is 1. The first kappa shape index (κ1) is 15.9. The minimum Gasteiger partial charge on any atom is -0.390 e. The summed E-state index contributed by atoms with van der Waals surface area (Å²) >= 11 is 0. The molecule has 2 N–H and O–H groups in total. The number of allylic oxidation sites excluding steroid dienone is 5. The average molecular weight is 327 g/mol. The molecule has 1 amide bonds. The van der Waals surface area contributed by atoms with Gasteiger partial charge in [0.25, 0.3) is 0 Å². The van der Waals surface area contributed by atoms with Crippen LogP contribution in [0.1, 0.15) is 13.3 Å². The Bertz CT molecular complexity index is 620. The zero-order valence-electron chi connectivity index (χ0n) is 13.9. The van der Waals surface area contributed by atoms with Crippen LogP contribution in [0.3, 0.4) is 0 Å². The van der Waals surface area contributed by atoms with Crippen LogP contribution in [-0.2, 0) is 9.53 Å². The molecule has 4 rings (SSSR count). The van der Waals surface area contributed by atoms with E-state index in [2.05, 4.69) is 36.5 Å². The standard InChI is InChI=1S/C20H25NO3/c1-12-4-2-3-5-16-18-13(8-9-17(23)21-11-12)6-7-14-10-15(22)20(24-16)19(14)18/h2-9,12-16,18-20,22H,10-11H2,1H3,(H,21,23)/b4-2-,5-3-,9-8-/t12-,13-,14+,15+,16+,18+,19-,20-/m0/s1. The van der Waals surface area contributed by atoms with Crippen molar-refractivity contribution in [2.24, 2.45) is 29.6 Å². The van der Waals surface area contributed by atoms with Gasteiger partial charge in [0.2, 0.25) is 5.91 Å². The molecule has 128 valence electrons. The van der Waals surface area contributed by atoms with Gasteiger partial charge < -0.3 is 15.2 Å². The normalized spacial score (nSPS) is 50.8. The summed E-state index contributed by atoms with van der Waals surface area (Å²) < 4.78 is 6.23. The minimum atomic E-state index is -0.383. The van der Waals surface area contributed by atoms with Crippen molar-refractivity contribution in [2.45, 2.75) is 31.7 Å². The fraction of sp³-hybridized carbons (Fsp3) is 0.550. The van der Waals surface area contributed by atoms with Crippen LogP contribution in [-0.4, -0.2) is 35.9 Å². The van der Waals surface area contributed by atoms with Crippen molar-refractivity contribution in [1.82, 2.24) is 5.32 Å². The van der Waals surface area contributed by atoms with Crippen LogP contribution in [0.2, 0.25) is 0 Å². The maximum absolute atomic E-state index is 12.0. The molecule has 1 saturated heterocycles. The highest BCUT2D eigenvalue weighted by Gasteiger charge is 2.56. The smallest absolute Gasteiger partial charge is 0.243 e. The average Bonchev–Trinajstić information content (AvgIpc) is 3.10. The molecule has 0 aromatic carbocycles. The third kappa shape index (κ3) is 2.78. The summed E-state index contributed by atoms with van der Waals surface area (Å²) in [5.41, 5.74) is 0. The molecule has 0 aromatic rings. The molecule has 1 saturated carbocycles. The molecule has 24 heavy (non-hydrogen) atoms. The number of hydrogen-bond donors (Lipinski definition) is 2. The lowest BCUT2D eigenvalue weighted by atomic mass is 9.70. The number of aliphatic hydroxyl groups is 1. The zero-order valence-corrected chi connectivity index (χ0v) is 13.9. The molecule has 4 aliphatic rings. The minimum absolute atomic E-state index is 0.0131. The highest BCUT2D eigenvalue weighted by molar-refractivity contribution is 5.87. The Kier molecular flexibility index (Phi) is 4.19. The van der Waals surface area contributed by atoms with Gasteiger partial charge in [-0.15, -0.1) is 0 Å². The van der Waals surface area contributed by atoms with E-state index < -0.39 is 0 Å². The Morgan fingerprint density at radius 1 is 1.12 bits per heavy atom. The van der Waals surface area contributed by atoms with Crippen molar-refractivity contribution in [3.05, 3.63) is 48.6 Å². The van der Waals surface area contributed by atoms with Crippen molar-refractivity contribution in [2.75, 3.05) is 6.54 Å². The summed E-state index contributed by atoms with van der Waals surface area (Å²) in [6, 6.07) is 0. The third-order valence-electron chi connectivity index (χ3n) is 5.85. The van der Waals surface area contributed by atoms with Crippen molar-refractivity contribution < 1.29 is 14.6 Å². The lowest BCUT2D eigenvalue weighted by Gasteiger charge is -2.32. The predicted octanol–water partition coefficient (Wildman–Crippen LogP) is 1.99. The summed E-state index contributed by atoms with van der Waals surface area (Å²) in [7, 11) is 0. The number of nitrogens with one attached hydrogen (secondary N) is 1. The topological polar surface area (TPSA) is 58.6 Å². The number of hydrogen-bond acceptors (Lipinski definition) is 3. The van der Waals surface area contributed by atoms with Gasteiger partial charge >= 0.3 is 0 Å². The van der Waals surface area contributed by atoms with Gasteiger partial charge in [0.1, 0.15) is 0 Å². The molecule has 0 spiro atoms. The number of amides is 1. The van der Waals surface area contributed by atoms with Crippen LogP contribution in [0.15, 0.2) is 48.6 Å². The van der Waals surface area contributed by atoms with Crippen molar-refractivity contribution >= 4 is 5.91 Å². The van der Waals surface area contributed by atoms with Crippen LogP contribution >= 0.6 is 0 Å². The zero-order chi connectivity index (χ0) is 16.7. The number of rotatable bonds is 0. The molecular weight excluding hydrogens is 302 g/mol. The van der Waals surface area contributed by atoms with Gasteiger partial charge in [0.05, 0.1) is 18.3 Å². The van der Waals surface area contributed by atoms with E-state index in [1.165, 1.54) is 0 Å². The Balaban J connectivity index is 1.68. The molecule has 2 fully saturated rings. The van der Waals surface area contributed by atoms with E-state index in [0.29, 0.717) is 18.4 Å². The van der Waals surface area contributed by atoms with E-state index in [9.17, 15) is 9.90 Å². The molecule has 8 atom stereocenters. The largest absolute Gasteiger partial charge is 0.390 e. The van der Waals surface area contributed by atoms with E-state index in [1.807, 2.05) is 18.2 Å². The molecule has 4 nitrogen and oxygen atoms in total. The van der Waals surface area contributed by atoms with E-state index in [0.717, 1.165) is 6.42 Å².